The summed E-state index contributed by atoms with van der Waals surface area (Å²) in [4.78, 5) is 14.6. The van der Waals surface area contributed by atoms with E-state index >= 15 is 0 Å². The number of carbonyl (C=O) groups is 1. The van der Waals surface area contributed by atoms with Crippen LogP contribution in [0.1, 0.15) is 35.9 Å². The van der Waals surface area contributed by atoms with E-state index in [0.717, 1.165) is 11.3 Å². The van der Waals surface area contributed by atoms with Gasteiger partial charge in [0.2, 0.25) is 0 Å². The van der Waals surface area contributed by atoms with Crippen LogP contribution < -0.4 is 4.74 Å². The number of ether oxygens (including phenoxy) is 2. The van der Waals surface area contributed by atoms with Crippen LogP contribution in [0.15, 0.2) is 54.6 Å². The van der Waals surface area contributed by atoms with Gasteiger partial charge in [0.05, 0.1) is 19.3 Å². The highest BCUT2D eigenvalue weighted by atomic mass is 16.5. The molecule has 2 aromatic rings. The van der Waals surface area contributed by atoms with Crippen molar-refractivity contribution >= 4 is 5.91 Å². The molecule has 1 saturated heterocycles. The maximum Gasteiger partial charge on any atom is 0.254 e. The van der Waals surface area contributed by atoms with E-state index in [0.29, 0.717) is 25.3 Å². The van der Waals surface area contributed by atoms with E-state index in [2.05, 4.69) is 0 Å². The Morgan fingerprint density at radius 2 is 1.83 bits per heavy atom. The summed E-state index contributed by atoms with van der Waals surface area (Å²) in [5, 5.41) is 0. The van der Waals surface area contributed by atoms with E-state index in [4.69, 9.17) is 9.47 Å². The molecule has 2 aromatic carbocycles. The molecule has 126 valence electrons. The lowest BCUT2D eigenvalue weighted by Gasteiger charge is -2.33. The number of rotatable bonds is 4. The maximum atomic E-state index is 12.7. The molecule has 0 aromatic heterocycles. The van der Waals surface area contributed by atoms with E-state index in [-0.39, 0.29) is 18.1 Å². The summed E-state index contributed by atoms with van der Waals surface area (Å²) >= 11 is 0. The van der Waals surface area contributed by atoms with Crippen molar-refractivity contribution in [2.45, 2.75) is 26.1 Å². The van der Waals surface area contributed by atoms with Gasteiger partial charge in [0.25, 0.3) is 5.91 Å². The van der Waals surface area contributed by atoms with Gasteiger partial charge in [0, 0.05) is 12.1 Å². The van der Waals surface area contributed by atoms with Gasteiger partial charge in [0.1, 0.15) is 11.9 Å². The number of amides is 1. The van der Waals surface area contributed by atoms with Crippen LogP contribution in [0.2, 0.25) is 0 Å². The van der Waals surface area contributed by atoms with E-state index in [1.807, 2.05) is 73.3 Å². The molecule has 1 aliphatic rings. The second kappa shape index (κ2) is 7.49. The molecular formula is C20H23NO3. The lowest BCUT2D eigenvalue weighted by Crippen LogP contribution is -2.42. The summed E-state index contributed by atoms with van der Waals surface area (Å²) in [6.45, 7) is 5.71. The minimum Gasteiger partial charge on any atom is -0.491 e. The smallest absolute Gasteiger partial charge is 0.254 e. The maximum absolute atomic E-state index is 12.7. The van der Waals surface area contributed by atoms with Gasteiger partial charge in [-0.15, -0.1) is 0 Å². The standard InChI is InChI=1S/C20H23NO3/c1-15(2)24-18-10-8-17(9-11-18)20(22)21-12-13-23-19(14-21)16-6-4-3-5-7-16/h3-11,15,19H,12-14H2,1-2H3/t19-/m1/s1. The normalized spacial score (nSPS) is 17.8. The molecule has 0 radical (unpaired) electrons. The van der Waals surface area contributed by atoms with Gasteiger partial charge < -0.3 is 14.4 Å². The first-order valence-electron chi connectivity index (χ1n) is 8.36. The summed E-state index contributed by atoms with van der Waals surface area (Å²) in [5.41, 5.74) is 1.79. The van der Waals surface area contributed by atoms with Gasteiger partial charge >= 0.3 is 0 Å². The first kappa shape index (κ1) is 16.5. The number of carbonyl (C=O) groups excluding carboxylic acids is 1. The Labute approximate surface area is 143 Å². The van der Waals surface area contributed by atoms with Gasteiger partial charge in [-0.3, -0.25) is 4.79 Å². The van der Waals surface area contributed by atoms with Crippen molar-refractivity contribution in [3.05, 3.63) is 65.7 Å². The monoisotopic (exact) mass is 325 g/mol. The third kappa shape index (κ3) is 3.95. The molecule has 1 aliphatic heterocycles. The first-order valence-corrected chi connectivity index (χ1v) is 8.36. The molecule has 1 fully saturated rings. The van der Waals surface area contributed by atoms with Gasteiger partial charge in [-0.25, -0.2) is 0 Å². The topological polar surface area (TPSA) is 38.8 Å². The molecule has 0 spiro atoms. The Hall–Kier alpha value is -2.33. The van der Waals surface area contributed by atoms with E-state index in [1.54, 1.807) is 0 Å². The number of hydrogen-bond donors (Lipinski definition) is 0. The minimum atomic E-state index is -0.0625. The summed E-state index contributed by atoms with van der Waals surface area (Å²) in [5.74, 6) is 0.820. The van der Waals surface area contributed by atoms with Crippen molar-refractivity contribution in [1.82, 2.24) is 4.90 Å². The fourth-order valence-electron chi connectivity index (χ4n) is 2.83. The zero-order valence-electron chi connectivity index (χ0n) is 14.1. The highest BCUT2D eigenvalue weighted by Gasteiger charge is 2.26. The van der Waals surface area contributed by atoms with Gasteiger partial charge in [-0.2, -0.15) is 0 Å². The van der Waals surface area contributed by atoms with Crippen LogP contribution in [0.4, 0.5) is 0 Å². The van der Waals surface area contributed by atoms with E-state index < -0.39 is 0 Å². The van der Waals surface area contributed by atoms with Crippen LogP contribution in [0.25, 0.3) is 0 Å². The van der Waals surface area contributed by atoms with Gasteiger partial charge in [-0.1, -0.05) is 30.3 Å². The van der Waals surface area contributed by atoms with Crippen LogP contribution in [0.3, 0.4) is 0 Å². The van der Waals surface area contributed by atoms with Gasteiger partial charge in [-0.05, 0) is 43.7 Å². The average molecular weight is 325 g/mol. The molecular weight excluding hydrogens is 302 g/mol. The van der Waals surface area contributed by atoms with Crippen molar-refractivity contribution in [3.8, 4) is 5.75 Å². The molecule has 4 heteroatoms. The molecule has 1 atom stereocenters. The fraction of sp³-hybridized carbons (Fsp3) is 0.350. The quantitative estimate of drug-likeness (QED) is 0.860. The molecule has 1 heterocycles. The molecule has 4 nitrogen and oxygen atoms in total. The molecule has 0 unspecified atom stereocenters. The van der Waals surface area contributed by atoms with Crippen molar-refractivity contribution in [2.75, 3.05) is 19.7 Å². The highest BCUT2D eigenvalue weighted by molar-refractivity contribution is 5.94. The van der Waals surface area contributed by atoms with E-state index in [1.165, 1.54) is 0 Å². The number of nitrogens with zero attached hydrogens (tertiary/aromatic N) is 1. The first-order chi connectivity index (χ1) is 11.6. The molecule has 0 bridgehead atoms. The van der Waals surface area contributed by atoms with Crippen molar-refractivity contribution in [2.24, 2.45) is 0 Å². The zero-order valence-corrected chi connectivity index (χ0v) is 14.1. The minimum absolute atomic E-state index is 0.0373. The molecule has 3 rings (SSSR count). The third-order valence-corrected chi connectivity index (χ3v) is 4.00. The van der Waals surface area contributed by atoms with Crippen molar-refractivity contribution in [3.63, 3.8) is 0 Å². The van der Waals surface area contributed by atoms with Crippen molar-refractivity contribution in [1.29, 1.82) is 0 Å². The SMILES string of the molecule is CC(C)Oc1ccc(C(=O)N2CCO[C@@H](c3ccccc3)C2)cc1. The second-order valence-electron chi connectivity index (χ2n) is 6.21. The third-order valence-electron chi connectivity index (χ3n) is 4.00. The van der Waals surface area contributed by atoms with Crippen molar-refractivity contribution < 1.29 is 14.3 Å². The summed E-state index contributed by atoms with van der Waals surface area (Å²) in [6, 6.07) is 17.4. The fourth-order valence-corrected chi connectivity index (χ4v) is 2.83. The Morgan fingerprint density at radius 1 is 1.12 bits per heavy atom. The average Bonchev–Trinajstić information content (AvgIpc) is 2.62. The molecule has 1 amide bonds. The summed E-state index contributed by atoms with van der Waals surface area (Å²) in [7, 11) is 0. The zero-order chi connectivity index (χ0) is 16.9. The van der Waals surface area contributed by atoms with Crippen LogP contribution in [-0.4, -0.2) is 36.6 Å². The van der Waals surface area contributed by atoms with Gasteiger partial charge in [0.15, 0.2) is 0 Å². The second-order valence-corrected chi connectivity index (χ2v) is 6.21. The van der Waals surface area contributed by atoms with Crippen LogP contribution >= 0.6 is 0 Å². The Kier molecular flexibility index (Phi) is 5.16. The summed E-state index contributed by atoms with van der Waals surface area (Å²) in [6.07, 6.45) is 0.0601. The number of morpholine rings is 1. The predicted molar refractivity (Wildman–Crippen MR) is 93.2 cm³/mol. The number of benzene rings is 2. The Morgan fingerprint density at radius 3 is 2.50 bits per heavy atom. The lowest BCUT2D eigenvalue weighted by molar-refractivity contribution is -0.0228. The van der Waals surface area contributed by atoms with Crippen LogP contribution in [-0.2, 0) is 4.74 Å². The van der Waals surface area contributed by atoms with E-state index in [9.17, 15) is 4.79 Å². The summed E-state index contributed by atoms with van der Waals surface area (Å²) < 4.78 is 11.5. The molecule has 0 saturated carbocycles. The van der Waals surface area contributed by atoms with Crippen LogP contribution in [0.5, 0.6) is 5.75 Å². The van der Waals surface area contributed by atoms with Crippen LogP contribution in [0, 0.1) is 0 Å². The Balaban J connectivity index is 1.68. The lowest BCUT2D eigenvalue weighted by atomic mass is 10.1. The molecule has 0 aliphatic carbocycles. The molecule has 24 heavy (non-hydrogen) atoms. The predicted octanol–water partition coefficient (Wildman–Crippen LogP) is 3.69. The number of hydrogen-bond acceptors (Lipinski definition) is 3. The molecule has 0 N–H and O–H groups in total. The highest BCUT2D eigenvalue weighted by Crippen LogP contribution is 2.23. The largest absolute Gasteiger partial charge is 0.491 e. The Bertz CT molecular complexity index is 667.